The van der Waals surface area contributed by atoms with Crippen LogP contribution in [0.5, 0.6) is 0 Å². The quantitative estimate of drug-likeness (QED) is 0.504. The molecule has 108 valence electrons. The van der Waals surface area contributed by atoms with Gasteiger partial charge in [-0.25, -0.2) is 0 Å². The first-order valence-electron chi connectivity index (χ1n) is 6.66. The summed E-state index contributed by atoms with van der Waals surface area (Å²) in [5, 5.41) is 3.47. The second-order valence-electron chi connectivity index (χ2n) is 6.20. The van der Waals surface area contributed by atoms with E-state index in [2.05, 4.69) is 31.8 Å². The third-order valence-corrected chi connectivity index (χ3v) is 5.11. The maximum absolute atomic E-state index is 12.0. The van der Waals surface area contributed by atoms with Crippen LogP contribution >= 0.6 is 24.4 Å². The highest BCUT2D eigenvalue weighted by molar-refractivity contribution is 8.01. The molecule has 0 atom stereocenters. The highest BCUT2D eigenvalue weighted by Crippen LogP contribution is 2.28. The Morgan fingerprint density at radius 2 is 1.83 bits per heavy atom. The summed E-state index contributed by atoms with van der Waals surface area (Å²) in [7, 11) is 0. The fraction of sp³-hybridized carbons (Fsp3) is 0.929. The van der Waals surface area contributed by atoms with Gasteiger partial charge < -0.3 is 5.32 Å². The number of hydrogen-bond acceptors (Lipinski definition) is 4. The van der Waals surface area contributed by atoms with Gasteiger partial charge >= 0.3 is 0 Å². The lowest BCUT2D eigenvalue weighted by atomic mass is 9.98. The molecular formula is C14H29NOS2. The monoisotopic (exact) mass is 291 g/mol. The van der Waals surface area contributed by atoms with Crippen molar-refractivity contribution in [3.05, 3.63) is 0 Å². The van der Waals surface area contributed by atoms with Gasteiger partial charge in [-0.3, -0.25) is 4.79 Å². The smallest absolute Gasteiger partial charge is 0.150 e. The van der Waals surface area contributed by atoms with Crippen LogP contribution in [-0.4, -0.2) is 34.1 Å². The summed E-state index contributed by atoms with van der Waals surface area (Å²) in [6.07, 6.45) is 1.08. The van der Waals surface area contributed by atoms with Crippen LogP contribution in [0.1, 0.15) is 48.0 Å². The van der Waals surface area contributed by atoms with Gasteiger partial charge in [0.15, 0.2) is 5.78 Å². The van der Waals surface area contributed by atoms with Gasteiger partial charge in [0.1, 0.15) is 0 Å². The van der Waals surface area contributed by atoms with E-state index in [1.807, 2.05) is 27.7 Å². The molecule has 0 saturated carbocycles. The lowest BCUT2D eigenvalue weighted by Crippen LogP contribution is -2.41. The average molecular weight is 292 g/mol. The molecule has 0 fully saturated rings. The van der Waals surface area contributed by atoms with Gasteiger partial charge in [0.05, 0.1) is 4.75 Å². The predicted octanol–water partition coefficient (Wildman–Crippen LogP) is 3.41. The first-order valence-corrected chi connectivity index (χ1v) is 8.28. The lowest BCUT2D eigenvalue weighted by molar-refractivity contribution is -0.123. The SMILES string of the molecule is CC(C)C(=O)C(C)(C)SCCCNC(C)(C)CS. The van der Waals surface area contributed by atoms with Crippen molar-refractivity contribution in [2.75, 3.05) is 18.1 Å². The third-order valence-electron chi connectivity index (χ3n) is 2.90. The number of carbonyl (C=O) groups is 1. The molecule has 0 aliphatic heterocycles. The van der Waals surface area contributed by atoms with E-state index in [1.165, 1.54) is 0 Å². The minimum Gasteiger partial charge on any atom is -0.311 e. The van der Waals surface area contributed by atoms with E-state index in [-0.39, 0.29) is 16.2 Å². The van der Waals surface area contributed by atoms with E-state index >= 15 is 0 Å². The van der Waals surface area contributed by atoms with Crippen molar-refractivity contribution in [2.24, 2.45) is 5.92 Å². The van der Waals surface area contributed by atoms with Crippen molar-refractivity contribution >= 4 is 30.2 Å². The zero-order valence-electron chi connectivity index (χ0n) is 12.7. The van der Waals surface area contributed by atoms with E-state index < -0.39 is 0 Å². The topological polar surface area (TPSA) is 29.1 Å². The summed E-state index contributed by atoms with van der Waals surface area (Å²) in [5.74, 6) is 2.31. The molecule has 0 aromatic rings. The number of thioether (sulfide) groups is 1. The fourth-order valence-corrected chi connectivity index (χ4v) is 2.94. The molecule has 0 saturated heterocycles. The number of Topliss-reactive ketones (excluding diaryl/α,β-unsaturated/α-hetero) is 1. The molecule has 0 aromatic heterocycles. The average Bonchev–Trinajstić information content (AvgIpc) is 2.27. The normalized spacial score (nSPS) is 13.1. The van der Waals surface area contributed by atoms with Crippen LogP contribution < -0.4 is 5.32 Å². The first-order chi connectivity index (χ1) is 8.12. The van der Waals surface area contributed by atoms with Gasteiger partial charge in [-0.05, 0) is 46.4 Å². The Hall–Kier alpha value is 0.330. The van der Waals surface area contributed by atoms with E-state index in [4.69, 9.17) is 0 Å². The van der Waals surface area contributed by atoms with Crippen molar-refractivity contribution < 1.29 is 4.79 Å². The Morgan fingerprint density at radius 3 is 2.28 bits per heavy atom. The summed E-state index contributed by atoms with van der Waals surface area (Å²) in [6.45, 7) is 13.3. The highest BCUT2D eigenvalue weighted by atomic mass is 32.2. The molecule has 0 spiro atoms. The van der Waals surface area contributed by atoms with Crippen LogP contribution in [0.4, 0.5) is 0 Å². The Bertz CT molecular complexity index is 263. The third kappa shape index (κ3) is 7.05. The van der Waals surface area contributed by atoms with Crippen molar-refractivity contribution in [1.29, 1.82) is 0 Å². The van der Waals surface area contributed by atoms with E-state index in [0.717, 1.165) is 24.5 Å². The Balaban J connectivity index is 3.88. The zero-order valence-corrected chi connectivity index (χ0v) is 14.4. The maximum Gasteiger partial charge on any atom is 0.150 e. The van der Waals surface area contributed by atoms with E-state index in [1.54, 1.807) is 11.8 Å². The number of rotatable bonds is 9. The molecule has 0 amide bonds. The standard InChI is InChI=1S/C14H29NOS2/c1-11(2)12(16)14(5,6)18-9-7-8-15-13(3,4)10-17/h11,15,17H,7-10H2,1-6H3. The molecule has 1 N–H and O–H groups in total. The summed E-state index contributed by atoms with van der Waals surface area (Å²) in [4.78, 5) is 12.0. The molecule has 0 bridgehead atoms. The molecular weight excluding hydrogens is 262 g/mol. The molecule has 0 aromatic carbocycles. The Kier molecular flexibility index (Phi) is 7.95. The largest absolute Gasteiger partial charge is 0.311 e. The number of thiol groups is 1. The van der Waals surface area contributed by atoms with Crippen LogP contribution in [-0.2, 0) is 4.79 Å². The van der Waals surface area contributed by atoms with Crippen molar-refractivity contribution in [2.45, 2.75) is 58.2 Å². The second kappa shape index (κ2) is 7.81. The van der Waals surface area contributed by atoms with Crippen LogP contribution in [0.3, 0.4) is 0 Å². The summed E-state index contributed by atoms with van der Waals surface area (Å²) >= 11 is 6.07. The first kappa shape index (κ1) is 18.3. The molecule has 0 aliphatic carbocycles. The zero-order chi connectivity index (χ0) is 14.4. The minimum absolute atomic E-state index is 0.0943. The van der Waals surface area contributed by atoms with Crippen LogP contribution in [0.25, 0.3) is 0 Å². The highest BCUT2D eigenvalue weighted by Gasteiger charge is 2.29. The van der Waals surface area contributed by atoms with E-state index in [9.17, 15) is 4.79 Å². The molecule has 0 radical (unpaired) electrons. The van der Waals surface area contributed by atoms with Gasteiger partial charge in [0.25, 0.3) is 0 Å². The molecule has 18 heavy (non-hydrogen) atoms. The molecule has 0 rings (SSSR count). The Morgan fingerprint density at radius 1 is 1.28 bits per heavy atom. The molecule has 4 heteroatoms. The molecule has 2 nitrogen and oxygen atoms in total. The second-order valence-corrected chi connectivity index (χ2v) is 8.23. The summed E-state index contributed by atoms with van der Waals surface area (Å²) in [6, 6.07) is 0. The summed E-state index contributed by atoms with van der Waals surface area (Å²) in [5.41, 5.74) is 0.0943. The number of nitrogens with one attached hydrogen (secondary N) is 1. The van der Waals surface area contributed by atoms with Crippen molar-refractivity contribution in [1.82, 2.24) is 5.32 Å². The van der Waals surface area contributed by atoms with Gasteiger partial charge in [-0.15, -0.1) is 11.8 Å². The van der Waals surface area contributed by atoms with Crippen molar-refractivity contribution in [3.63, 3.8) is 0 Å². The van der Waals surface area contributed by atoms with Gasteiger partial charge in [-0.1, -0.05) is 13.8 Å². The Labute approximate surface area is 122 Å². The summed E-state index contributed by atoms with van der Waals surface area (Å²) < 4.78 is -0.257. The van der Waals surface area contributed by atoms with Crippen LogP contribution in [0.2, 0.25) is 0 Å². The number of ketones is 1. The van der Waals surface area contributed by atoms with Crippen LogP contribution in [0, 0.1) is 5.92 Å². The fourth-order valence-electron chi connectivity index (χ4n) is 1.65. The van der Waals surface area contributed by atoms with Gasteiger partial charge in [0, 0.05) is 17.2 Å². The molecule has 0 heterocycles. The van der Waals surface area contributed by atoms with Gasteiger partial charge in [-0.2, -0.15) is 12.6 Å². The van der Waals surface area contributed by atoms with Crippen molar-refractivity contribution in [3.8, 4) is 0 Å². The number of hydrogen-bond donors (Lipinski definition) is 2. The predicted molar refractivity (Wildman–Crippen MR) is 86.9 cm³/mol. The minimum atomic E-state index is -0.257. The number of carbonyl (C=O) groups excluding carboxylic acids is 1. The van der Waals surface area contributed by atoms with Gasteiger partial charge in [0.2, 0.25) is 0 Å². The van der Waals surface area contributed by atoms with Crippen LogP contribution in [0.15, 0.2) is 0 Å². The molecule has 0 aliphatic rings. The van der Waals surface area contributed by atoms with E-state index in [0.29, 0.717) is 5.78 Å². The molecule has 0 unspecified atom stereocenters. The lowest BCUT2D eigenvalue weighted by Gasteiger charge is -2.26. The maximum atomic E-state index is 12.0.